The number of hydrogen-bond donors (Lipinski definition) is 1. The van der Waals surface area contributed by atoms with E-state index in [1.807, 2.05) is 37.0 Å². The molecule has 0 bridgehead atoms. The van der Waals surface area contributed by atoms with E-state index in [0.29, 0.717) is 0 Å². The van der Waals surface area contributed by atoms with Crippen LogP contribution in [-0.4, -0.2) is 19.9 Å². The van der Waals surface area contributed by atoms with E-state index in [-0.39, 0.29) is 6.61 Å². The fourth-order valence-electron chi connectivity index (χ4n) is 2.09. The van der Waals surface area contributed by atoms with Gasteiger partial charge in [0.25, 0.3) is 0 Å². The minimum absolute atomic E-state index is 0.0176. The van der Waals surface area contributed by atoms with Crippen LogP contribution in [0.4, 0.5) is 0 Å². The van der Waals surface area contributed by atoms with Gasteiger partial charge in [0.05, 0.1) is 18.0 Å². The Morgan fingerprint density at radius 2 is 2.12 bits per heavy atom. The summed E-state index contributed by atoms with van der Waals surface area (Å²) < 4.78 is 1.82. The summed E-state index contributed by atoms with van der Waals surface area (Å²) in [6.07, 6.45) is 2.71. The monoisotopic (exact) mass is 231 g/mol. The van der Waals surface area contributed by atoms with Crippen LogP contribution in [0.5, 0.6) is 0 Å². The highest BCUT2D eigenvalue weighted by Crippen LogP contribution is 2.26. The van der Waals surface area contributed by atoms with Crippen LogP contribution in [0.3, 0.4) is 0 Å². The van der Waals surface area contributed by atoms with Gasteiger partial charge in [0.2, 0.25) is 0 Å². The van der Waals surface area contributed by atoms with Crippen LogP contribution in [0.15, 0.2) is 18.3 Å². The zero-order chi connectivity index (χ0) is 12.4. The number of aliphatic hydroxyl groups is 1. The molecule has 0 aliphatic rings. The van der Waals surface area contributed by atoms with Gasteiger partial charge in [0, 0.05) is 30.1 Å². The quantitative estimate of drug-likeness (QED) is 0.877. The molecule has 0 fully saturated rings. The second kappa shape index (κ2) is 4.67. The van der Waals surface area contributed by atoms with Gasteiger partial charge in [-0.15, -0.1) is 0 Å². The van der Waals surface area contributed by atoms with Crippen molar-refractivity contribution in [2.24, 2.45) is 7.05 Å². The average Bonchev–Trinajstić information content (AvgIpc) is 2.66. The van der Waals surface area contributed by atoms with E-state index in [4.69, 9.17) is 0 Å². The van der Waals surface area contributed by atoms with E-state index >= 15 is 0 Å². The lowest BCUT2D eigenvalue weighted by Gasteiger charge is -2.05. The van der Waals surface area contributed by atoms with Crippen molar-refractivity contribution in [1.29, 1.82) is 0 Å². The lowest BCUT2D eigenvalue weighted by atomic mass is 10.1. The van der Waals surface area contributed by atoms with E-state index < -0.39 is 0 Å². The molecule has 2 aromatic rings. The van der Waals surface area contributed by atoms with Gasteiger partial charge in [-0.25, -0.2) is 0 Å². The number of nitrogens with zero attached hydrogens (tertiary/aromatic N) is 3. The fraction of sp³-hybridized carbons (Fsp3) is 0.385. The van der Waals surface area contributed by atoms with Crippen LogP contribution in [-0.2, 0) is 20.1 Å². The van der Waals surface area contributed by atoms with Gasteiger partial charge in [-0.1, -0.05) is 6.92 Å². The van der Waals surface area contributed by atoms with Crippen molar-refractivity contribution in [2.75, 3.05) is 0 Å². The van der Waals surface area contributed by atoms with E-state index in [0.717, 1.165) is 34.6 Å². The standard InChI is InChI=1S/C13H17N3O/c1-4-11-12(8-17)15-16(3)13(11)10-6-5-9(2)14-7-10/h5-7,17H,4,8H2,1-3H3. The molecule has 0 amide bonds. The largest absolute Gasteiger partial charge is 0.390 e. The molecule has 1 N–H and O–H groups in total. The molecule has 0 radical (unpaired) electrons. The molecule has 0 unspecified atom stereocenters. The highest BCUT2D eigenvalue weighted by atomic mass is 16.3. The Balaban J connectivity index is 2.57. The summed E-state index contributed by atoms with van der Waals surface area (Å²) in [5.41, 5.74) is 4.94. The number of aliphatic hydroxyl groups excluding tert-OH is 1. The minimum Gasteiger partial charge on any atom is -0.390 e. The fourth-order valence-corrected chi connectivity index (χ4v) is 2.09. The number of rotatable bonds is 3. The van der Waals surface area contributed by atoms with Crippen LogP contribution in [0.25, 0.3) is 11.3 Å². The first-order chi connectivity index (χ1) is 8.17. The summed E-state index contributed by atoms with van der Waals surface area (Å²) in [6, 6.07) is 4.03. The number of hydrogen-bond acceptors (Lipinski definition) is 3. The van der Waals surface area contributed by atoms with E-state index in [2.05, 4.69) is 17.0 Å². The van der Waals surface area contributed by atoms with Gasteiger partial charge in [0.15, 0.2) is 0 Å². The van der Waals surface area contributed by atoms with Crippen molar-refractivity contribution >= 4 is 0 Å². The lowest BCUT2D eigenvalue weighted by molar-refractivity contribution is 0.274. The van der Waals surface area contributed by atoms with Crippen LogP contribution < -0.4 is 0 Å². The molecule has 0 aromatic carbocycles. The molecule has 0 saturated carbocycles. The number of pyridine rings is 1. The Hall–Kier alpha value is -1.68. The first-order valence-electron chi connectivity index (χ1n) is 5.76. The van der Waals surface area contributed by atoms with Crippen molar-refractivity contribution in [3.8, 4) is 11.3 Å². The predicted octanol–water partition coefficient (Wildman–Crippen LogP) is 1.85. The average molecular weight is 231 g/mol. The molecule has 2 heterocycles. The van der Waals surface area contributed by atoms with Gasteiger partial charge >= 0.3 is 0 Å². The molecule has 2 aromatic heterocycles. The molecule has 4 nitrogen and oxygen atoms in total. The third kappa shape index (κ3) is 2.08. The smallest absolute Gasteiger partial charge is 0.0917 e. The highest BCUT2D eigenvalue weighted by molar-refractivity contribution is 5.63. The molecule has 90 valence electrons. The third-order valence-electron chi connectivity index (χ3n) is 2.92. The van der Waals surface area contributed by atoms with Crippen LogP contribution in [0.2, 0.25) is 0 Å². The normalized spacial score (nSPS) is 10.8. The molecule has 4 heteroatoms. The van der Waals surface area contributed by atoms with Gasteiger partial charge in [0.1, 0.15) is 0 Å². The topological polar surface area (TPSA) is 50.9 Å². The Labute approximate surface area is 101 Å². The third-order valence-corrected chi connectivity index (χ3v) is 2.92. The van der Waals surface area contributed by atoms with Crippen molar-refractivity contribution in [3.05, 3.63) is 35.3 Å². The zero-order valence-corrected chi connectivity index (χ0v) is 10.4. The summed E-state index contributed by atoms with van der Waals surface area (Å²) in [4.78, 5) is 4.30. The van der Waals surface area contributed by atoms with Crippen LogP contribution in [0, 0.1) is 6.92 Å². The minimum atomic E-state index is -0.0176. The lowest BCUT2D eigenvalue weighted by Crippen LogP contribution is -1.96. The maximum Gasteiger partial charge on any atom is 0.0917 e. The summed E-state index contributed by atoms with van der Waals surface area (Å²) in [7, 11) is 1.90. The molecule has 17 heavy (non-hydrogen) atoms. The molecule has 0 spiro atoms. The van der Waals surface area contributed by atoms with Crippen molar-refractivity contribution in [1.82, 2.24) is 14.8 Å². The Morgan fingerprint density at radius 1 is 1.35 bits per heavy atom. The molecule has 2 rings (SSSR count). The van der Waals surface area contributed by atoms with Crippen LogP contribution >= 0.6 is 0 Å². The SMILES string of the molecule is CCc1c(CO)nn(C)c1-c1ccc(C)nc1. The van der Waals surface area contributed by atoms with Crippen molar-refractivity contribution in [3.63, 3.8) is 0 Å². The van der Waals surface area contributed by atoms with Gasteiger partial charge < -0.3 is 5.11 Å². The molecule has 0 atom stereocenters. The van der Waals surface area contributed by atoms with E-state index in [9.17, 15) is 5.11 Å². The predicted molar refractivity (Wildman–Crippen MR) is 66.5 cm³/mol. The Morgan fingerprint density at radius 3 is 2.65 bits per heavy atom. The van der Waals surface area contributed by atoms with Gasteiger partial charge in [-0.3, -0.25) is 9.67 Å². The second-order valence-electron chi connectivity index (χ2n) is 4.10. The van der Waals surface area contributed by atoms with E-state index in [1.165, 1.54) is 0 Å². The second-order valence-corrected chi connectivity index (χ2v) is 4.10. The van der Waals surface area contributed by atoms with Crippen molar-refractivity contribution < 1.29 is 5.11 Å². The number of aryl methyl sites for hydroxylation is 2. The summed E-state index contributed by atoms with van der Waals surface area (Å²) >= 11 is 0. The molecular weight excluding hydrogens is 214 g/mol. The summed E-state index contributed by atoms with van der Waals surface area (Å²) in [5, 5.41) is 13.6. The first-order valence-corrected chi connectivity index (χ1v) is 5.76. The van der Waals surface area contributed by atoms with E-state index in [1.54, 1.807) is 0 Å². The Kier molecular flexibility index (Phi) is 3.24. The molecule has 0 aliphatic heterocycles. The first kappa shape index (κ1) is 11.8. The summed E-state index contributed by atoms with van der Waals surface area (Å²) in [6.45, 7) is 4.02. The molecule has 0 saturated heterocycles. The number of aromatic nitrogens is 3. The van der Waals surface area contributed by atoms with Crippen LogP contribution in [0.1, 0.15) is 23.9 Å². The van der Waals surface area contributed by atoms with Crippen molar-refractivity contribution in [2.45, 2.75) is 26.9 Å². The summed E-state index contributed by atoms with van der Waals surface area (Å²) in [5.74, 6) is 0. The highest BCUT2D eigenvalue weighted by Gasteiger charge is 2.15. The molecule has 0 aliphatic carbocycles. The molecular formula is C13H17N3O. The zero-order valence-electron chi connectivity index (χ0n) is 10.4. The van der Waals surface area contributed by atoms with Gasteiger partial charge in [-0.05, 0) is 25.5 Å². The maximum atomic E-state index is 9.29. The van der Waals surface area contributed by atoms with Gasteiger partial charge in [-0.2, -0.15) is 5.10 Å². The Bertz CT molecular complexity index is 514. The maximum absolute atomic E-state index is 9.29.